The van der Waals surface area contributed by atoms with Crippen LogP contribution in [0.2, 0.25) is 0 Å². The third kappa shape index (κ3) is 3.67. The molecule has 0 spiro atoms. The number of aromatic nitrogens is 1. The SMILES string of the molecule is Cc1cc(C(=O)N2CCC(NC(=O)c3ccccc3Br)CC2)no1. The first-order valence-electron chi connectivity index (χ1n) is 7.82. The molecule has 1 N–H and O–H groups in total. The fraction of sp³-hybridized carbons (Fsp3) is 0.353. The first-order chi connectivity index (χ1) is 11.5. The highest BCUT2D eigenvalue weighted by Crippen LogP contribution is 2.18. The molecule has 0 atom stereocenters. The van der Waals surface area contributed by atoms with Gasteiger partial charge in [-0.15, -0.1) is 0 Å². The van der Waals surface area contributed by atoms with Gasteiger partial charge in [-0.25, -0.2) is 0 Å². The average Bonchev–Trinajstić information content (AvgIpc) is 3.02. The monoisotopic (exact) mass is 391 g/mol. The molecule has 1 aromatic carbocycles. The summed E-state index contributed by atoms with van der Waals surface area (Å²) in [6, 6.07) is 9.04. The third-order valence-electron chi connectivity index (χ3n) is 4.08. The molecule has 0 aliphatic carbocycles. The van der Waals surface area contributed by atoms with E-state index in [0.717, 1.165) is 17.3 Å². The minimum Gasteiger partial charge on any atom is -0.361 e. The summed E-state index contributed by atoms with van der Waals surface area (Å²) in [4.78, 5) is 26.4. The van der Waals surface area contributed by atoms with E-state index < -0.39 is 0 Å². The summed E-state index contributed by atoms with van der Waals surface area (Å²) in [6.45, 7) is 2.94. The number of benzene rings is 1. The van der Waals surface area contributed by atoms with Crippen LogP contribution >= 0.6 is 15.9 Å². The highest BCUT2D eigenvalue weighted by atomic mass is 79.9. The molecule has 7 heteroatoms. The molecule has 2 heterocycles. The molecule has 2 amide bonds. The molecule has 0 radical (unpaired) electrons. The maximum absolute atomic E-state index is 12.3. The number of amides is 2. The summed E-state index contributed by atoms with van der Waals surface area (Å²) in [5.74, 6) is 0.399. The Morgan fingerprint density at radius 1 is 1.29 bits per heavy atom. The number of aryl methyl sites for hydroxylation is 1. The quantitative estimate of drug-likeness (QED) is 0.872. The van der Waals surface area contributed by atoms with Crippen LogP contribution in [0.15, 0.2) is 39.3 Å². The number of nitrogens with zero attached hydrogens (tertiary/aromatic N) is 2. The maximum atomic E-state index is 12.3. The number of carbonyl (C=O) groups excluding carboxylic acids is 2. The summed E-state index contributed by atoms with van der Waals surface area (Å²) in [5, 5.41) is 6.80. The second kappa shape index (κ2) is 7.17. The van der Waals surface area contributed by atoms with Crippen molar-refractivity contribution in [1.29, 1.82) is 0 Å². The lowest BCUT2D eigenvalue weighted by atomic mass is 10.0. The van der Waals surface area contributed by atoms with Crippen molar-refractivity contribution in [1.82, 2.24) is 15.4 Å². The van der Waals surface area contributed by atoms with Crippen molar-refractivity contribution in [2.75, 3.05) is 13.1 Å². The largest absolute Gasteiger partial charge is 0.361 e. The van der Waals surface area contributed by atoms with Crippen LogP contribution in [0.25, 0.3) is 0 Å². The predicted octanol–water partition coefficient (Wildman–Crippen LogP) is 2.78. The van der Waals surface area contributed by atoms with Gasteiger partial charge in [0, 0.05) is 29.7 Å². The van der Waals surface area contributed by atoms with E-state index in [9.17, 15) is 9.59 Å². The fourth-order valence-electron chi connectivity index (χ4n) is 2.76. The average molecular weight is 392 g/mol. The molecular formula is C17H18BrN3O3. The van der Waals surface area contributed by atoms with E-state index in [4.69, 9.17) is 4.52 Å². The van der Waals surface area contributed by atoms with Crippen molar-refractivity contribution < 1.29 is 14.1 Å². The van der Waals surface area contributed by atoms with E-state index in [1.54, 1.807) is 24.0 Å². The normalized spacial score (nSPS) is 15.3. The first kappa shape index (κ1) is 16.7. The summed E-state index contributed by atoms with van der Waals surface area (Å²) in [5.41, 5.74) is 0.956. The molecule has 1 fully saturated rings. The molecule has 6 nitrogen and oxygen atoms in total. The summed E-state index contributed by atoms with van der Waals surface area (Å²) >= 11 is 3.39. The number of hydrogen-bond donors (Lipinski definition) is 1. The van der Waals surface area contributed by atoms with Gasteiger partial charge in [0.25, 0.3) is 11.8 Å². The lowest BCUT2D eigenvalue weighted by Crippen LogP contribution is -2.46. The molecule has 3 rings (SSSR count). The minimum absolute atomic E-state index is 0.0627. The Morgan fingerprint density at radius 3 is 2.62 bits per heavy atom. The lowest BCUT2D eigenvalue weighted by molar-refractivity contribution is 0.0688. The Morgan fingerprint density at radius 2 is 2.00 bits per heavy atom. The van der Waals surface area contributed by atoms with Crippen LogP contribution in [0.5, 0.6) is 0 Å². The minimum atomic E-state index is -0.123. The van der Waals surface area contributed by atoms with Gasteiger partial charge in [-0.3, -0.25) is 9.59 Å². The molecule has 1 aromatic heterocycles. The van der Waals surface area contributed by atoms with Gasteiger partial charge in [0.05, 0.1) is 5.56 Å². The Labute approximate surface area is 148 Å². The number of likely N-dealkylation sites (tertiary alicyclic amines) is 1. The Balaban J connectivity index is 1.55. The van der Waals surface area contributed by atoms with Crippen LogP contribution in [0, 0.1) is 6.92 Å². The van der Waals surface area contributed by atoms with E-state index in [1.165, 1.54) is 0 Å². The molecule has 126 valence electrons. The van der Waals surface area contributed by atoms with Crippen molar-refractivity contribution in [3.05, 3.63) is 51.8 Å². The number of carbonyl (C=O) groups is 2. The van der Waals surface area contributed by atoms with Gasteiger partial charge in [0.2, 0.25) is 0 Å². The van der Waals surface area contributed by atoms with Gasteiger partial charge >= 0.3 is 0 Å². The van der Waals surface area contributed by atoms with E-state index in [1.807, 2.05) is 18.2 Å². The number of rotatable bonds is 3. The van der Waals surface area contributed by atoms with Gasteiger partial charge in [0.1, 0.15) is 5.76 Å². The molecule has 0 bridgehead atoms. The highest BCUT2D eigenvalue weighted by Gasteiger charge is 2.26. The van der Waals surface area contributed by atoms with Crippen LogP contribution in [0.1, 0.15) is 39.4 Å². The van der Waals surface area contributed by atoms with Crippen molar-refractivity contribution in [3.8, 4) is 0 Å². The standard InChI is InChI=1S/C17H18BrN3O3/c1-11-10-15(20-24-11)17(23)21-8-6-12(7-9-21)19-16(22)13-4-2-3-5-14(13)18/h2-5,10,12H,6-9H2,1H3,(H,19,22). The molecule has 0 unspecified atom stereocenters. The third-order valence-corrected chi connectivity index (χ3v) is 4.77. The van der Waals surface area contributed by atoms with Gasteiger partial charge < -0.3 is 14.7 Å². The summed E-state index contributed by atoms with van der Waals surface area (Å²) in [7, 11) is 0. The van der Waals surface area contributed by atoms with E-state index >= 15 is 0 Å². The van der Waals surface area contributed by atoms with E-state index in [0.29, 0.717) is 30.1 Å². The highest BCUT2D eigenvalue weighted by molar-refractivity contribution is 9.10. The van der Waals surface area contributed by atoms with Gasteiger partial charge in [-0.05, 0) is 47.8 Å². The summed E-state index contributed by atoms with van der Waals surface area (Å²) in [6.07, 6.45) is 1.44. The number of nitrogens with one attached hydrogen (secondary N) is 1. The molecule has 1 aliphatic rings. The second-order valence-corrected chi connectivity index (χ2v) is 6.70. The zero-order valence-corrected chi connectivity index (χ0v) is 14.9. The fourth-order valence-corrected chi connectivity index (χ4v) is 3.23. The van der Waals surface area contributed by atoms with Crippen LogP contribution in [-0.2, 0) is 0 Å². The van der Waals surface area contributed by atoms with Crippen molar-refractivity contribution in [2.45, 2.75) is 25.8 Å². The summed E-state index contributed by atoms with van der Waals surface area (Å²) < 4.78 is 5.73. The number of piperidine rings is 1. The van der Waals surface area contributed by atoms with Crippen molar-refractivity contribution in [2.24, 2.45) is 0 Å². The van der Waals surface area contributed by atoms with E-state index in [-0.39, 0.29) is 17.9 Å². The molecule has 1 aliphatic heterocycles. The van der Waals surface area contributed by atoms with Crippen LogP contribution in [0.4, 0.5) is 0 Å². The van der Waals surface area contributed by atoms with Crippen LogP contribution in [0.3, 0.4) is 0 Å². The second-order valence-electron chi connectivity index (χ2n) is 5.84. The molecular weight excluding hydrogens is 374 g/mol. The predicted molar refractivity (Wildman–Crippen MR) is 91.8 cm³/mol. The Kier molecular flexibility index (Phi) is 4.99. The molecule has 0 saturated carbocycles. The van der Waals surface area contributed by atoms with Crippen molar-refractivity contribution in [3.63, 3.8) is 0 Å². The Hall–Kier alpha value is -2.15. The maximum Gasteiger partial charge on any atom is 0.276 e. The zero-order valence-electron chi connectivity index (χ0n) is 13.3. The van der Waals surface area contributed by atoms with Gasteiger partial charge in [-0.2, -0.15) is 0 Å². The molecule has 1 saturated heterocycles. The number of halogens is 1. The van der Waals surface area contributed by atoms with Crippen LogP contribution in [-0.4, -0.2) is 41.0 Å². The van der Waals surface area contributed by atoms with Gasteiger partial charge in [-0.1, -0.05) is 17.3 Å². The number of hydrogen-bond acceptors (Lipinski definition) is 4. The zero-order chi connectivity index (χ0) is 17.1. The topological polar surface area (TPSA) is 75.4 Å². The smallest absolute Gasteiger partial charge is 0.276 e. The Bertz CT molecular complexity index is 751. The van der Waals surface area contributed by atoms with Crippen LogP contribution < -0.4 is 5.32 Å². The first-order valence-corrected chi connectivity index (χ1v) is 8.62. The molecule has 24 heavy (non-hydrogen) atoms. The molecule has 2 aromatic rings. The van der Waals surface area contributed by atoms with Gasteiger partial charge in [0.15, 0.2) is 5.69 Å². The lowest BCUT2D eigenvalue weighted by Gasteiger charge is -2.32. The van der Waals surface area contributed by atoms with Crippen molar-refractivity contribution >= 4 is 27.7 Å². The van der Waals surface area contributed by atoms with E-state index in [2.05, 4.69) is 26.4 Å².